The minimum Gasteiger partial charge on any atom is -0.456 e. The molecule has 4 heterocycles. The third-order valence-corrected chi connectivity index (χ3v) is 13.2. The highest BCUT2D eigenvalue weighted by Crippen LogP contribution is 2.43. The van der Waals surface area contributed by atoms with Gasteiger partial charge in [-0.15, -0.1) is 11.3 Å². The van der Waals surface area contributed by atoms with Crippen LogP contribution in [0.25, 0.3) is 126 Å². The second-order valence-corrected chi connectivity index (χ2v) is 16.6. The van der Waals surface area contributed by atoms with Crippen molar-refractivity contribution in [3.8, 4) is 51.0 Å². The third kappa shape index (κ3) is 5.36. The summed E-state index contributed by atoms with van der Waals surface area (Å²) in [5, 5.41) is 9.18. The third-order valence-electron chi connectivity index (χ3n) is 12.0. The Morgan fingerprint density at radius 1 is 0.377 bits per heavy atom. The first-order valence-corrected chi connectivity index (χ1v) is 21.2. The molecule has 0 amide bonds. The van der Waals surface area contributed by atoms with Crippen LogP contribution >= 0.6 is 11.3 Å². The van der Waals surface area contributed by atoms with E-state index in [1.807, 2.05) is 18.2 Å². The molecule has 0 saturated carbocycles. The van der Waals surface area contributed by atoms with Crippen molar-refractivity contribution < 1.29 is 4.42 Å². The SMILES string of the molecule is c1ccc(-c2cccc(-c3nc(-c4cc5c(cc4-n4c6ccccc6c6cc7ccccc7cc64)oc4ccccc45)nc(-c4cccc5c4sc4ccccc45)n3)c2)cc1. The number of rotatable bonds is 5. The lowest BCUT2D eigenvalue weighted by Crippen LogP contribution is -2.04. The van der Waals surface area contributed by atoms with Crippen LogP contribution in [0.2, 0.25) is 0 Å². The summed E-state index contributed by atoms with van der Waals surface area (Å²) in [6, 6.07) is 68.5. The smallest absolute Gasteiger partial charge is 0.166 e. The van der Waals surface area contributed by atoms with Crippen molar-refractivity contribution in [2.45, 2.75) is 0 Å². The Morgan fingerprint density at radius 3 is 1.92 bits per heavy atom. The largest absolute Gasteiger partial charge is 0.456 e. The molecule has 0 atom stereocenters. The molecule has 5 nitrogen and oxygen atoms in total. The minimum absolute atomic E-state index is 0.581. The minimum atomic E-state index is 0.581. The van der Waals surface area contributed by atoms with Gasteiger partial charge >= 0.3 is 0 Å². The van der Waals surface area contributed by atoms with E-state index in [9.17, 15) is 0 Å². The Hall–Kier alpha value is -7.93. The summed E-state index contributed by atoms with van der Waals surface area (Å²) in [7, 11) is 0. The van der Waals surface area contributed by atoms with Crippen LogP contribution in [0.1, 0.15) is 0 Å². The van der Waals surface area contributed by atoms with Crippen molar-refractivity contribution in [2.24, 2.45) is 0 Å². The maximum Gasteiger partial charge on any atom is 0.166 e. The van der Waals surface area contributed by atoms with Crippen molar-refractivity contribution in [3.05, 3.63) is 194 Å². The number of nitrogens with zero attached hydrogens (tertiary/aromatic N) is 4. The second-order valence-electron chi connectivity index (χ2n) is 15.6. The monoisotopic (exact) mass is 796 g/mol. The van der Waals surface area contributed by atoms with Crippen LogP contribution in [0.3, 0.4) is 0 Å². The van der Waals surface area contributed by atoms with Gasteiger partial charge in [-0.25, -0.2) is 15.0 Å². The number of thiophene rings is 1. The van der Waals surface area contributed by atoms with Crippen molar-refractivity contribution in [3.63, 3.8) is 0 Å². The number of aromatic nitrogens is 4. The molecule has 13 aromatic rings. The fourth-order valence-corrected chi connectivity index (χ4v) is 10.4. The Bertz CT molecular complexity index is 3900. The van der Waals surface area contributed by atoms with Crippen molar-refractivity contribution in [1.82, 2.24) is 19.5 Å². The number of fused-ring (bicyclic) bond motifs is 10. The molecule has 0 spiro atoms. The van der Waals surface area contributed by atoms with E-state index >= 15 is 0 Å². The molecule has 0 aliphatic heterocycles. The van der Waals surface area contributed by atoms with Gasteiger partial charge in [0.25, 0.3) is 0 Å². The summed E-state index contributed by atoms with van der Waals surface area (Å²) in [5.74, 6) is 1.81. The first kappa shape index (κ1) is 34.0. The van der Waals surface area contributed by atoms with E-state index in [1.54, 1.807) is 11.3 Å². The van der Waals surface area contributed by atoms with Crippen LogP contribution in [0.15, 0.2) is 199 Å². The molecule has 6 heteroatoms. The first-order valence-electron chi connectivity index (χ1n) is 20.4. The highest BCUT2D eigenvalue weighted by atomic mass is 32.1. The summed E-state index contributed by atoms with van der Waals surface area (Å²) in [4.78, 5) is 16.3. The molecular weight excluding hydrogens is 765 g/mol. The molecular formula is C55H32N4OS. The molecule has 9 aromatic carbocycles. The average molecular weight is 797 g/mol. The fraction of sp³-hybridized carbons (Fsp3) is 0. The molecule has 0 N–H and O–H groups in total. The molecule has 0 radical (unpaired) electrons. The van der Waals surface area contributed by atoms with Crippen LogP contribution in [0.4, 0.5) is 0 Å². The quantitative estimate of drug-likeness (QED) is 0.174. The number of furan rings is 1. The van der Waals surface area contributed by atoms with Gasteiger partial charge in [0, 0.05) is 64.5 Å². The van der Waals surface area contributed by atoms with E-state index in [1.165, 1.54) is 37.0 Å². The molecule has 0 bridgehead atoms. The second kappa shape index (κ2) is 13.3. The van der Waals surface area contributed by atoms with Gasteiger partial charge < -0.3 is 8.98 Å². The van der Waals surface area contributed by atoms with Crippen LogP contribution in [-0.2, 0) is 0 Å². The maximum absolute atomic E-state index is 6.63. The predicted molar refractivity (Wildman–Crippen MR) is 254 cm³/mol. The van der Waals surface area contributed by atoms with Crippen LogP contribution in [0.5, 0.6) is 0 Å². The zero-order valence-corrected chi connectivity index (χ0v) is 33.4. The number of para-hydroxylation sites is 2. The van der Waals surface area contributed by atoms with Crippen molar-refractivity contribution >= 4 is 86.0 Å². The van der Waals surface area contributed by atoms with Crippen LogP contribution < -0.4 is 0 Å². The molecule has 13 rings (SSSR count). The lowest BCUT2D eigenvalue weighted by molar-refractivity contribution is 0.668. The summed E-state index contributed by atoms with van der Waals surface area (Å²) in [6.45, 7) is 0. The molecule has 0 aliphatic carbocycles. The van der Waals surface area contributed by atoms with Crippen LogP contribution in [0, 0.1) is 0 Å². The van der Waals surface area contributed by atoms with Crippen molar-refractivity contribution in [1.29, 1.82) is 0 Å². The van der Waals surface area contributed by atoms with E-state index in [0.717, 1.165) is 71.2 Å². The molecule has 0 fully saturated rings. The Labute approximate surface area is 353 Å². The van der Waals surface area contributed by atoms with E-state index in [-0.39, 0.29) is 0 Å². The van der Waals surface area contributed by atoms with Crippen LogP contribution in [-0.4, -0.2) is 19.5 Å². The number of hydrogen-bond donors (Lipinski definition) is 0. The van der Waals surface area contributed by atoms with Gasteiger partial charge in [-0.2, -0.15) is 0 Å². The Morgan fingerprint density at radius 2 is 1.03 bits per heavy atom. The van der Waals surface area contributed by atoms with Gasteiger partial charge in [0.1, 0.15) is 11.2 Å². The lowest BCUT2D eigenvalue weighted by atomic mass is 10.0. The van der Waals surface area contributed by atoms with Gasteiger partial charge in [-0.1, -0.05) is 140 Å². The first-order chi connectivity index (χ1) is 30.2. The summed E-state index contributed by atoms with van der Waals surface area (Å²) in [6.07, 6.45) is 0. The molecule has 0 unspecified atom stereocenters. The van der Waals surface area contributed by atoms with Gasteiger partial charge in [0.15, 0.2) is 17.5 Å². The highest BCUT2D eigenvalue weighted by molar-refractivity contribution is 7.26. The summed E-state index contributed by atoms with van der Waals surface area (Å²) < 4.78 is 11.4. The van der Waals surface area contributed by atoms with Crippen molar-refractivity contribution in [2.75, 3.05) is 0 Å². The molecule has 0 aliphatic rings. The van der Waals surface area contributed by atoms with Gasteiger partial charge in [-0.05, 0) is 70.4 Å². The summed E-state index contributed by atoms with van der Waals surface area (Å²) in [5.41, 5.74) is 9.73. The Kier molecular flexibility index (Phi) is 7.41. The van der Waals surface area contributed by atoms with Gasteiger partial charge in [0.2, 0.25) is 0 Å². The fourth-order valence-electron chi connectivity index (χ4n) is 9.18. The molecule has 61 heavy (non-hydrogen) atoms. The normalized spacial score (nSPS) is 11.9. The highest BCUT2D eigenvalue weighted by Gasteiger charge is 2.23. The molecule has 284 valence electrons. The van der Waals surface area contributed by atoms with E-state index in [0.29, 0.717) is 17.5 Å². The number of hydrogen-bond acceptors (Lipinski definition) is 5. The zero-order valence-electron chi connectivity index (χ0n) is 32.6. The van der Waals surface area contributed by atoms with Gasteiger partial charge in [0.05, 0.1) is 16.7 Å². The number of benzene rings is 9. The summed E-state index contributed by atoms with van der Waals surface area (Å²) >= 11 is 1.78. The average Bonchev–Trinajstić information content (AvgIpc) is 3.99. The maximum atomic E-state index is 6.63. The standard InChI is InChI=1S/C55H32N4OS/c1-2-14-33(15-3-1)34-18-12-19-37(28-34)53-56-54(42-24-13-23-41-40-22-8-11-27-51(40)61-52(41)42)58-55(57-53)45-31-44-39-21-7-10-26-49(39)60-50(44)32-48(45)59-46-25-9-6-20-38(46)43-29-35-16-4-5-17-36(35)30-47(43)59/h1-32H. The molecule has 4 aromatic heterocycles. The van der Waals surface area contributed by atoms with E-state index in [4.69, 9.17) is 19.4 Å². The topological polar surface area (TPSA) is 56.7 Å². The predicted octanol–water partition coefficient (Wildman–Crippen LogP) is 15.1. The molecule has 0 saturated heterocycles. The van der Waals surface area contributed by atoms with E-state index < -0.39 is 0 Å². The Balaban J connectivity index is 1.14. The zero-order chi connectivity index (χ0) is 40.0. The van der Waals surface area contributed by atoms with E-state index in [2.05, 4.69) is 180 Å². The lowest BCUT2D eigenvalue weighted by Gasteiger charge is -2.15. The van der Waals surface area contributed by atoms with Gasteiger partial charge in [-0.3, -0.25) is 0 Å².